The van der Waals surface area contributed by atoms with E-state index in [1.54, 1.807) is 6.08 Å². The van der Waals surface area contributed by atoms with Crippen molar-refractivity contribution in [3.05, 3.63) is 36.5 Å². The number of hydrogen-bond donors (Lipinski definition) is 3. The Morgan fingerprint density at radius 1 is 0.483 bits per heavy atom. The third-order valence-corrected chi connectivity index (χ3v) is 11.4. The third kappa shape index (κ3) is 43.7. The number of hydrogen-bond acceptors (Lipinski definition) is 5. The predicted molar refractivity (Wildman–Crippen MR) is 250 cm³/mol. The number of nitrogens with one attached hydrogen (secondary N) is 1. The Bertz CT molecular complexity index is 946. The molecule has 0 aromatic heterocycles. The molecule has 0 aliphatic heterocycles. The zero-order valence-electron chi connectivity index (χ0n) is 38.5. The molecule has 0 radical (unpaired) electrons. The molecule has 0 spiro atoms. The molecule has 6 nitrogen and oxygen atoms in total. The van der Waals surface area contributed by atoms with Crippen molar-refractivity contribution in [2.24, 2.45) is 0 Å². The molecule has 6 heteroatoms. The Hall–Kier alpha value is -1.92. The van der Waals surface area contributed by atoms with Gasteiger partial charge in [0.15, 0.2) is 0 Å². The van der Waals surface area contributed by atoms with Crippen LogP contribution in [-0.2, 0) is 14.3 Å². The van der Waals surface area contributed by atoms with Crippen molar-refractivity contribution in [3.63, 3.8) is 0 Å². The van der Waals surface area contributed by atoms with E-state index >= 15 is 0 Å². The van der Waals surface area contributed by atoms with Crippen LogP contribution < -0.4 is 5.32 Å². The Balaban J connectivity index is 3.56. The van der Waals surface area contributed by atoms with Crippen molar-refractivity contribution < 1.29 is 24.5 Å². The minimum atomic E-state index is -0.857. The predicted octanol–water partition coefficient (Wildman–Crippen LogP) is 14.9. The fraction of sp³-hybridized carbons (Fsp3) is 0.846. The summed E-state index contributed by atoms with van der Waals surface area (Å²) in [6.45, 7) is 4.83. The van der Waals surface area contributed by atoms with Gasteiger partial charge in [-0.2, -0.15) is 0 Å². The molecule has 0 rings (SSSR count). The summed E-state index contributed by atoms with van der Waals surface area (Å²) in [5, 5.41) is 23.0. The number of unbranched alkanes of at least 4 members (excludes halogenated alkanes) is 32. The molecule has 0 aromatic rings. The summed E-state index contributed by atoms with van der Waals surface area (Å²) in [4.78, 5) is 24.4. The lowest BCUT2D eigenvalue weighted by molar-refractivity contribution is -0.143. The van der Waals surface area contributed by atoms with Gasteiger partial charge in [0.25, 0.3) is 0 Å². The van der Waals surface area contributed by atoms with Crippen LogP contribution in [0.15, 0.2) is 36.5 Å². The molecule has 2 atom stereocenters. The highest BCUT2D eigenvalue weighted by Gasteiger charge is 2.18. The van der Waals surface area contributed by atoms with Crippen LogP contribution in [0.2, 0.25) is 0 Å². The highest BCUT2D eigenvalue weighted by Crippen LogP contribution is 2.15. The van der Waals surface area contributed by atoms with Gasteiger partial charge in [-0.05, 0) is 64.2 Å². The number of amides is 1. The number of ether oxygens (including phenoxy) is 1. The van der Waals surface area contributed by atoms with Crippen LogP contribution in [0.4, 0.5) is 0 Å². The van der Waals surface area contributed by atoms with Crippen LogP contribution in [0.3, 0.4) is 0 Å². The summed E-state index contributed by atoms with van der Waals surface area (Å²) in [5.74, 6) is -0.114. The van der Waals surface area contributed by atoms with E-state index < -0.39 is 12.1 Å². The lowest BCUT2D eigenvalue weighted by atomic mass is 10.0. The fourth-order valence-electron chi connectivity index (χ4n) is 7.50. The second-order valence-electron chi connectivity index (χ2n) is 17.2. The minimum absolute atomic E-state index is 0.0221. The summed E-state index contributed by atoms with van der Waals surface area (Å²) < 4.78 is 5.43. The number of aliphatic hydroxyl groups excluding tert-OH is 2. The molecule has 0 fully saturated rings. The summed E-state index contributed by atoms with van der Waals surface area (Å²) in [6, 6.07) is -0.643. The average Bonchev–Trinajstić information content (AvgIpc) is 3.22. The van der Waals surface area contributed by atoms with Crippen LogP contribution in [0.5, 0.6) is 0 Å². The Labute approximate surface area is 360 Å². The first-order chi connectivity index (χ1) is 28.5. The quantitative estimate of drug-likeness (QED) is 0.0246. The lowest BCUT2D eigenvalue weighted by Gasteiger charge is -2.20. The number of aliphatic hydroxyl groups is 2. The molecule has 1 amide bonds. The average molecular weight is 816 g/mol. The van der Waals surface area contributed by atoms with Crippen LogP contribution in [0.1, 0.15) is 258 Å². The smallest absolute Gasteiger partial charge is 0.305 e. The molecular weight excluding hydrogens is 719 g/mol. The number of esters is 1. The summed E-state index contributed by atoms with van der Waals surface area (Å²) in [6.07, 6.45) is 57.1. The molecule has 0 aliphatic carbocycles. The second-order valence-corrected chi connectivity index (χ2v) is 17.2. The van der Waals surface area contributed by atoms with E-state index in [9.17, 15) is 19.8 Å². The monoisotopic (exact) mass is 816 g/mol. The zero-order chi connectivity index (χ0) is 42.3. The summed E-state index contributed by atoms with van der Waals surface area (Å²) >= 11 is 0. The fourth-order valence-corrected chi connectivity index (χ4v) is 7.50. The van der Waals surface area contributed by atoms with Gasteiger partial charge in [0.1, 0.15) is 0 Å². The lowest BCUT2D eigenvalue weighted by Crippen LogP contribution is -2.45. The molecule has 0 saturated carbocycles. The molecule has 3 N–H and O–H groups in total. The van der Waals surface area contributed by atoms with Gasteiger partial charge in [-0.1, -0.05) is 217 Å². The standard InChI is InChI=1S/C52H97NO5/c1-3-5-7-9-11-13-15-20-24-28-32-36-40-44-50(55)49(48-54)53-51(56)45-41-37-33-29-25-22-18-17-19-23-27-31-35-39-43-47-58-52(57)46-42-38-34-30-26-21-16-14-12-10-8-6-4-2/h17,19,23,27,40,44,49-50,54-55H,3-16,18,20-22,24-26,28-39,41-43,45-48H2,1-2H3,(H,53,56)/b19-17-,27-23-,44-40+. The maximum absolute atomic E-state index is 12.4. The molecular formula is C52H97NO5. The van der Waals surface area contributed by atoms with Gasteiger partial charge in [-0.3, -0.25) is 9.59 Å². The molecule has 0 heterocycles. The molecule has 0 saturated heterocycles. The van der Waals surface area contributed by atoms with E-state index in [1.807, 2.05) is 6.08 Å². The molecule has 0 aliphatic rings. The van der Waals surface area contributed by atoms with Crippen molar-refractivity contribution in [2.45, 2.75) is 270 Å². The third-order valence-electron chi connectivity index (χ3n) is 11.4. The normalized spacial score (nSPS) is 13.0. The van der Waals surface area contributed by atoms with Crippen LogP contribution in [-0.4, -0.2) is 47.4 Å². The first-order valence-corrected chi connectivity index (χ1v) is 25.3. The Kier molecular flexibility index (Phi) is 46.2. The van der Waals surface area contributed by atoms with E-state index in [0.717, 1.165) is 77.0 Å². The van der Waals surface area contributed by atoms with E-state index in [2.05, 4.69) is 43.5 Å². The SMILES string of the molecule is CCCCCCCCCCCCC/C=C/C(O)C(CO)NC(=O)CCCCCCCC/C=C\C=C/CCCCCOC(=O)CCCCCCCCCCCCCCC. The summed E-state index contributed by atoms with van der Waals surface area (Å²) in [5.41, 5.74) is 0. The molecule has 340 valence electrons. The second kappa shape index (κ2) is 47.8. The van der Waals surface area contributed by atoms with Gasteiger partial charge in [0.05, 0.1) is 25.4 Å². The molecule has 0 aromatic carbocycles. The van der Waals surface area contributed by atoms with E-state index in [0.29, 0.717) is 19.4 Å². The van der Waals surface area contributed by atoms with Crippen LogP contribution >= 0.6 is 0 Å². The number of carbonyl (C=O) groups excluding carboxylic acids is 2. The maximum Gasteiger partial charge on any atom is 0.305 e. The number of carbonyl (C=O) groups is 2. The first-order valence-electron chi connectivity index (χ1n) is 25.3. The zero-order valence-corrected chi connectivity index (χ0v) is 38.5. The highest BCUT2D eigenvalue weighted by atomic mass is 16.5. The first kappa shape index (κ1) is 56.1. The molecule has 58 heavy (non-hydrogen) atoms. The largest absolute Gasteiger partial charge is 0.466 e. The topological polar surface area (TPSA) is 95.9 Å². The van der Waals surface area contributed by atoms with Crippen LogP contribution in [0, 0.1) is 0 Å². The van der Waals surface area contributed by atoms with Gasteiger partial charge < -0.3 is 20.3 Å². The van der Waals surface area contributed by atoms with Crippen molar-refractivity contribution in [1.82, 2.24) is 5.32 Å². The van der Waals surface area contributed by atoms with Gasteiger partial charge in [0, 0.05) is 12.8 Å². The minimum Gasteiger partial charge on any atom is -0.466 e. The van der Waals surface area contributed by atoms with E-state index in [-0.39, 0.29) is 18.5 Å². The Morgan fingerprint density at radius 2 is 0.845 bits per heavy atom. The van der Waals surface area contributed by atoms with Gasteiger partial charge in [-0.25, -0.2) is 0 Å². The van der Waals surface area contributed by atoms with Crippen molar-refractivity contribution in [1.29, 1.82) is 0 Å². The van der Waals surface area contributed by atoms with E-state index in [4.69, 9.17) is 4.74 Å². The van der Waals surface area contributed by atoms with Crippen LogP contribution in [0.25, 0.3) is 0 Å². The van der Waals surface area contributed by atoms with E-state index in [1.165, 1.54) is 154 Å². The summed E-state index contributed by atoms with van der Waals surface area (Å²) in [7, 11) is 0. The van der Waals surface area contributed by atoms with Gasteiger partial charge >= 0.3 is 5.97 Å². The number of allylic oxidation sites excluding steroid dienone is 5. The maximum atomic E-state index is 12.4. The van der Waals surface area contributed by atoms with Gasteiger partial charge in [0.2, 0.25) is 5.91 Å². The molecule has 0 bridgehead atoms. The Morgan fingerprint density at radius 3 is 1.28 bits per heavy atom. The van der Waals surface area contributed by atoms with Crippen molar-refractivity contribution in [3.8, 4) is 0 Å². The van der Waals surface area contributed by atoms with Crippen molar-refractivity contribution >= 4 is 11.9 Å². The van der Waals surface area contributed by atoms with Gasteiger partial charge in [-0.15, -0.1) is 0 Å². The number of rotatable bonds is 46. The molecule has 2 unspecified atom stereocenters. The van der Waals surface area contributed by atoms with Crippen molar-refractivity contribution in [2.75, 3.05) is 13.2 Å². The highest BCUT2D eigenvalue weighted by molar-refractivity contribution is 5.76.